The molecule has 0 radical (unpaired) electrons. The van der Waals surface area contributed by atoms with E-state index in [1.165, 1.54) is 7.11 Å². The van der Waals surface area contributed by atoms with Crippen molar-refractivity contribution in [2.24, 2.45) is 5.41 Å². The van der Waals surface area contributed by atoms with Crippen molar-refractivity contribution in [2.75, 3.05) is 20.3 Å². The maximum Gasteiger partial charge on any atom is 0.314 e. The zero-order chi connectivity index (χ0) is 13.6. The van der Waals surface area contributed by atoms with Gasteiger partial charge in [0.25, 0.3) is 0 Å². The van der Waals surface area contributed by atoms with Gasteiger partial charge in [-0.15, -0.1) is 0 Å². The van der Waals surface area contributed by atoms with Crippen LogP contribution < -0.4 is 4.74 Å². The predicted molar refractivity (Wildman–Crippen MR) is 68.5 cm³/mol. The molecule has 1 N–H and O–H groups in total. The molecule has 0 saturated heterocycles. The minimum Gasteiger partial charge on any atom is -0.492 e. The SMILES string of the molecule is COC(=O)C(C)(C)COc1ccc(CCO)cc1. The summed E-state index contributed by atoms with van der Waals surface area (Å²) in [6.45, 7) is 3.95. The van der Waals surface area contributed by atoms with Crippen LogP contribution in [0, 0.1) is 5.41 Å². The van der Waals surface area contributed by atoms with Crippen molar-refractivity contribution in [2.45, 2.75) is 20.3 Å². The lowest BCUT2D eigenvalue weighted by atomic mass is 9.95. The average Bonchev–Trinajstić information content (AvgIpc) is 2.37. The average molecular weight is 252 g/mol. The van der Waals surface area contributed by atoms with Gasteiger partial charge in [-0.05, 0) is 38.0 Å². The van der Waals surface area contributed by atoms with Gasteiger partial charge in [-0.3, -0.25) is 4.79 Å². The molecule has 4 heteroatoms. The van der Waals surface area contributed by atoms with E-state index in [9.17, 15) is 4.79 Å². The van der Waals surface area contributed by atoms with Crippen molar-refractivity contribution >= 4 is 5.97 Å². The number of hydrogen-bond acceptors (Lipinski definition) is 4. The first-order chi connectivity index (χ1) is 8.49. The Labute approximate surface area is 108 Å². The Balaban J connectivity index is 2.55. The number of rotatable bonds is 6. The van der Waals surface area contributed by atoms with E-state index in [4.69, 9.17) is 14.6 Å². The molecular formula is C14H20O4. The van der Waals surface area contributed by atoms with Gasteiger partial charge in [0.15, 0.2) is 0 Å². The molecule has 4 nitrogen and oxygen atoms in total. The number of esters is 1. The van der Waals surface area contributed by atoms with Crippen molar-refractivity contribution in [1.82, 2.24) is 0 Å². The molecule has 0 atom stereocenters. The second-order valence-electron chi connectivity index (χ2n) is 4.78. The van der Waals surface area contributed by atoms with Crippen molar-refractivity contribution in [3.63, 3.8) is 0 Å². The van der Waals surface area contributed by atoms with E-state index in [-0.39, 0.29) is 19.2 Å². The molecule has 0 aliphatic rings. The summed E-state index contributed by atoms with van der Waals surface area (Å²) in [5, 5.41) is 8.80. The largest absolute Gasteiger partial charge is 0.492 e. The molecule has 0 aliphatic heterocycles. The summed E-state index contributed by atoms with van der Waals surface area (Å²) in [5.74, 6) is 0.410. The molecule has 0 spiro atoms. The van der Waals surface area contributed by atoms with Gasteiger partial charge in [0, 0.05) is 6.61 Å². The zero-order valence-electron chi connectivity index (χ0n) is 11.1. The van der Waals surface area contributed by atoms with Gasteiger partial charge in [-0.1, -0.05) is 12.1 Å². The van der Waals surface area contributed by atoms with Gasteiger partial charge in [0.1, 0.15) is 12.4 Å². The first-order valence-corrected chi connectivity index (χ1v) is 5.90. The fourth-order valence-electron chi connectivity index (χ4n) is 1.48. The maximum atomic E-state index is 11.5. The molecule has 0 fully saturated rings. The quantitative estimate of drug-likeness (QED) is 0.784. The molecule has 0 bridgehead atoms. The number of aliphatic hydroxyl groups is 1. The Morgan fingerprint density at radius 3 is 2.39 bits per heavy atom. The van der Waals surface area contributed by atoms with Crippen LogP contribution in [0.25, 0.3) is 0 Å². The van der Waals surface area contributed by atoms with Gasteiger partial charge in [0.2, 0.25) is 0 Å². The van der Waals surface area contributed by atoms with Gasteiger partial charge >= 0.3 is 5.97 Å². The van der Waals surface area contributed by atoms with Crippen molar-refractivity contribution in [3.05, 3.63) is 29.8 Å². The smallest absolute Gasteiger partial charge is 0.314 e. The lowest BCUT2D eigenvalue weighted by Crippen LogP contribution is -2.32. The summed E-state index contributed by atoms with van der Waals surface area (Å²) >= 11 is 0. The van der Waals surface area contributed by atoms with E-state index in [2.05, 4.69) is 0 Å². The Bertz CT molecular complexity index is 381. The zero-order valence-corrected chi connectivity index (χ0v) is 11.1. The first kappa shape index (κ1) is 14.5. The van der Waals surface area contributed by atoms with Crippen molar-refractivity contribution in [3.8, 4) is 5.75 Å². The molecule has 18 heavy (non-hydrogen) atoms. The third kappa shape index (κ3) is 4.04. The Hall–Kier alpha value is -1.55. The summed E-state index contributed by atoms with van der Waals surface area (Å²) in [6.07, 6.45) is 0.633. The van der Waals surface area contributed by atoms with Crippen LogP contribution in [0.4, 0.5) is 0 Å². The molecule has 1 aromatic rings. The fourth-order valence-corrected chi connectivity index (χ4v) is 1.48. The minimum absolute atomic E-state index is 0.134. The highest BCUT2D eigenvalue weighted by Crippen LogP contribution is 2.20. The van der Waals surface area contributed by atoms with E-state index >= 15 is 0 Å². The highest BCUT2D eigenvalue weighted by Gasteiger charge is 2.29. The van der Waals surface area contributed by atoms with Gasteiger partial charge in [-0.25, -0.2) is 0 Å². The second-order valence-corrected chi connectivity index (χ2v) is 4.78. The Kier molecular flexibility index (Phi) is 5.16. The molecule has 1 aromatic carbocycles. The Morgan fingerprint density at radius 1 is 1.28 bits per heavy atom. The standard InChI is InChI=1S/C14H20O4/c1-14(2,13(16)17-3)10-18-12-6-4-11(5-7-12)8-9-15/h4-7,15H,8-10H2,1-3H3. The summed E-state index contributed by atoms with van der Waals surface area (Å²) in [6, 6.07) is 7.46. The molecule has 0 aliphatic carbocycles. The number of methoxy groups -OCH3 is 1. The molecule has 0 unspecified atom stereocenters. The first-order valence-electron chi connectivity index (χ1n) is 5.90. The molecule has 100 valence electrons. The minimum atomic E-state index is -0.668. The fraction of sp³-hybridized carbons (Fsp3) is 0.500. The lowest BCUT2D eigenvalue weighted by molar-refractivity contribution is -0.152. The molecular weight excluding hydrogens is 232 g/mol. The summed E-state index contributed by atoms with van der Waals surface area (Å²) in [5.41, 5.74) is 0.385. The third-order valence-electron chi connectivity index (χ3n) is 2.66. The Morgan fingerprint density at radius 2 is 1.89 bits per heavy atom. The van der Waals surface area contributed by atoms with Crippen LogP contribution >= 0.6 is 0 Å². The van der Waals surface area contributed by atoms with Crippen molar-refractivity contribution in [1.29, 1.82) is 0 Å². The third-order valence-corrected chi connectivity index (χ3v) is 2.66. The summed E-state index contributed by atoms with van der Waals surface area (Å²) < 4.78 is 10.3. The van der Waals surface area contributed by atoms with Crippen LogP contribution in [0.2, 0.25) is 0 Å². The molecule has 0 saturated carbocycles. The predicted octanol–water partition coefficient (Wildman–Crippen LogP) is 1.80. The number of hydrogen-bond donors (Lipinski definition) is 1. The second kappa shape index (κ2) is 6.40. The van der Waals surface area contributed by atoms with E-state index in [1.807, 2.05) is 24.3 Å². The number of aliphatic hydroxyl groups excluding tert-OH is 1. The molecule has 0 heterocycles. The van der Waals surface area contributed by atoms with Crippen LogP contribution in [-0.2, 0) is 16.0 Å². The van der Waals surface area contributed by atoms with Crippen LogP contribution in [-0.4, -0.2) is 31.4 Å². The summed E-state index contributed by atoms with van der Waals surface area (Å²) in [7, 11) is 1.37. The van der Waals surface area contributed by atoms with E-state index < -0.39 is 5.41 Å². The monoisotopic (exact) mass is 252 g/mol. The van der Waals surface area contributed by atoms with E-state index in [0.29, 0.717) is 12.2 Å². The van der Waals surface area contributed by atoms with Crippen LogP contribution in [0.1, 0.15) is 19.4 Å². The van der Waals surface area contributed by atoms with Crippen LogP contribution in [0.3, 0.4) is 0 Å². The normalized spacial score (nSPS) is 11.1. The van der Waals surface area contributed by atoms with Gasteiger partial charge < -0.3 is 14.6 Å². The molecule has 0 amide bonds. The number of carbonyl (C=O) groups excluding carboxylic acids is 1. The number of carbonyl (C=O) groups is 1. The van der Waals surface area contributed by atoms with E-state index in [1.54, 1.807) is 13.8 Å². The van der Waals surface area contributed by atoms with Crippen LogP contribution in [0.15, 0.2) is 24.3 Å². The highest BCUT2D eigenvalue weighted by molar-refractivity contribution is 5.75. The molecule has 1 rings (SSSR count). The highest BCUT2D eigenvalue weighted by atomic mass is 16.5. The maximum absolute atomic E-state index is 11.5. The van der Waals surface area contributed by atoms with Crippen molar-refractivity contribution < 1.29 is 19.4 Å². The van der Waals surface area contributed by atoms with Gasteiger partial charge in [0.05, 0.1) is 12.5 Å². The molecule has 0 aromatic heterocycles. The number of benzene rings is 1. The number of ether oxygens (including phenoxy) is 2. The van der Waals surface area contributed by atoms with Crippen LogP contribution in [0.5, 0.6) is 5.75 Å². The lowest BCUT2D eigenvalue weighted by Gasteiger charge is -2.21. The topological polar surface area (TPSA) is 55.8 Å². The van der Waals surface area contributed by atoms with Gasteiger partial charge in [-0.2, -0.15) is 0 Å². The van der Waals surface area contributed by atoms with E-state index in [0.717, 1.165) is 5.56 Å². The summed E-state index contributed by atoms with van der Waals surface area (Å²) in [4.78, 5) is 11.5.